The predicted octanol–water partition coefficient (Wildman–Crippen LogP) is 4.65. The van der Waals surface area contributed by atoms with Gasteiger partial charge in [-0.3, -0.25) is 0 Å². The van der Waals surface area contributed by atoms with Crippen molar-refractivity contribution < 1.29 is 35.8 Å². The Bertz CT molecular complexity index is 531. The zero-order valence-corrected chi connectivity index (χ0v) is 11.5. The molecule has 0 fully saturated rings. The van der Waals surface area contributed by atoms with Gasteiger partial charge in [-0.15, -0.1) is 11.6 Å². The molecule has 0 bridgehead atoms. The molecule has 0 aliphatic carbocycles. The predicted molar refractivity (Wildman–Crippen MR) is 59.9 cm³/mol. The molecule has 0 amide bonds. The smallest absolute Gasteiger partial charge is 0.439 e. The molecule has 0 aromatic heterocycles. The highest BCUT2D eigenvalue weighted by atomic mass is 79.9. The maximum atomic E-state index is 13.0. The molecule has 1 aliphatic rings. The third-order valence-corrected chi connectivity index (χ3v) is 3.47. The topological polar surface area (TPSA) is 18.5 Å². The van der Waals surface area contributed by atoms with E-state index < -0.39 is 35.0 Å². The van der Waals surface area contributed by atoms with E-state index in [1.807, 2.05) is 0 Å². The van der Waals surface area contributed by atoms with Crippen LogP contribution in [-0.2, 0) is 0 Å². The van der Waals surface area contributed by atoms with Gasteiger partial charge in [0.15, 0.2) is 11.5 Å². The van der Waals surface area contributed by atoms with Crippen LogP contribution in [0.5, 0.6) is 11.5 Å². The van der Waals surface area contributed by atoms with Crippen LogP contribution in [0.4, 0.5) is 26.3 Å². The Hall–Kier alpha value is -0.830. The summed E-state index contributed by atoms with van der Waals surface area (Å²) >= 11 is 7.89. The Balaban J connectivity index is 2.49. The molecule has 10 heteroatoms. The fraction of sp³-hybridized carbons (Fsp3) is 0.400. The van der Waals surface area contributed by atoms with E-state index in [1.165, 1.54) is 6.07 Å². The van der Waals surface area contributed by atoms with Gasteiger partial charge in [0.2, 0.25) is 5.38 Å². The standard InChI is InChI=1S/C10H4BrClF6O2/c11-4-1-2-5-6(3-4)20-8(19-5,10(16,17)18)7(12)9(13,14)15/h1-3,7H. The average Bonchev–Trinajstić information content (AvgIpc) is 2.65. The zero-order valence-electron chi connectivity index (χ0n) is 9.15. The molecule has 1 aromatic rings. The van der Waals surface area contributed by atoms with E-state index in [0.717, 1.165) is 12.1 Å². The Morgan fingerprint density at radius 2 is 1.60 bits per heavy atom. The lowest BCUT2D eigenvalue weighted by atomic mass is 10.1. The van der Waals surface area contributed by atoms with Crippen molar-refractivity contribution in [3.63, 3.8) is 0 Å². The summed E-state index contributed by atoms with van der Waals surface area (Å²) in [5.74, 6) is -4.96. The molecule has 20 heavy (non-hydrogen) atoms. The molecule has 0 N–H and O–H groups in total. The summed E-state index contributed by atoms with van der Waals surface area (Å²) in [7, 11) is 0. The summed E-state index contributed by atoms with van der Waals surface area (Å²) in [5.41, 5.74) is 0. The van der Waals surface area contributed by atoms with Gasteiger partial charge in [0.25, 0.3) is 0 Å². The van der Waals surface area contributed by atoms with Crippen LogP contribution in [0.25, 0.3) is 0 Å². The van der Waals surface area contributed by atoms with Gasteiger partial charge in [-0.05, 0) is 18.2 Å². The van der Waals surface area contributed by atoms with Crippen molar-refractivity contribution in [2.45, 2.75) is 23.5 Å². The van der Waals surface area contributed by atoms with Gasteiger partial charge in [0, 0.05) is 4.47 Å². The molecule has 0 radical (unpaired) electrons. The Labute approximate surface area is 121 Å². The first-order valence-corrected chi connectivity index (χ1v) is 6.15. The van der Waals surface area contributed by atoms with Crippen molar-refractivity contribution in [2.75, 3.05) is 0 Å². The Kier molecular flexibility index (Phi) is 3.57. The van der Waals surface area contributed by atoms with Gasteiger partial charge in [-0.2, -0.15) is 26.3 Å². The molecule has 1 aromatic carbocycles. The minimum atomic E-state index is -5.49. The molecule has 2 atom stereocenters. The van der Waals surface area contributed by atoms with Crippen molar-refractivity contribution in [1.82, 2.24) is 0 Å². The lowest BCUT2D eigenvalue weighted by molar-refractivity contribution is -0.334. The van der Waals surface area contributed by atoms with Gasteiger partial charge in [-0.1, -0.05) is 15.9 Å². The number of hydrogen-bond acceptors (Lipinski definition) is 2. The summed E-state index contributed by atoms with van der Waals surface area (Å²) in [6.45, 7) is 0. The van der Waals surface area contributed by atoms with E-state index in [9.17, 15) is 26.3 Å². The second-order valence-electron chi connectivity index (χ2n) is 3.86. The first-order valence-electron chi connectivity index (χ1n) is 4.92. The molecule has 1 heterocycles. The van der Waals surface area contributed by atoms with Gasteiger partial charge >= 0.3 is 18.1 Å². The molecule has 112 valence electrons. The van der Waals surface area contributed by atoms with Crippen molar-refractivity contribution in [3.05, 3.63) is 22.7 Å². The first-order chi connectivity index (χ1) is 8.97. The van der Waals surface area contributed by atoms with E-state index in [0.29, 0.717) is 4.47 Å². The lowest BCUT2D eigenvalue weighted by Crippen LogP contribution is -2.63. The molecule has 0 saturated heterocycles. The van der Waals surface area contributed by atoms with Gasteiger partial charge in [0.1, 0.15) is 0 Å². The number of ether oxygens (including phenoxy) is 2. The van der Waals surface area contributed by atoms with Crippen LogP contribution in [0.1, 0.15) is 0 Å². The summed E-state index contributed by atoms with van der Waals surface area (Å²) in [5, 5.41) is -3.42. The van der Waals surface area contributed by atoms with E-state index in [1.54, 1.807) is 0 Å². The van der Waals surface area contributed by atoms with Crippen LogP contribution < -0.4 is 9.47 Å². The maximum absolute atomic E-state index is 13.0. The summed E-state index contributed by atoms with van der Waals surface area (Å²) < 4.78 is 85.9. The highest BCUT2D eigenvalue weighted by Gasteiger charge is 2.74. The van der Waals surface area contributed by atoms with E-state index in [4.69, 9.17) is 11.6 Å². The molecule has 2 nitrogen and oxygen atoms in total. The van der Waals surface area contributed by atoms with Crippen LogP contribution in [-0.4, -0.2) is 23.5 Å². The highest BCUT2D eigenvalue weighted by Crippen LogP contribution is 2.52. The lowest BCUT2D eigenvalue weighted by Gasteiger charge is -2.33. The monoisotopic (exact) mass is 384 g/mol. The van der Waals surface area contributed by atoms with Crippen LogP contribution in [0.15, 0.2) is 22.7 Å². The van der Waals surface area contributed by atoms with Gasteiger partial charge in [-0.25, -0.2) is 0 Å². The van der Waals surface area contributed by atoms with Gasteiger partial charge in [0.05, 0.1) is 0 Å². The number of hydrogen-bond donors (Lipinski definition) is 0. The highest BCUT2D eigenvalue weighted by molar-refractivity contribution is 9.10. The number of alkyl halides is 7. The van der Waals surface area contributed by atoms with Crippen molar-refractivity contribution in [3.8, 4) is 11.5 Å². The number of benzene rings is 1. The number of halogens is 8. The fourth-order valence-corrected chi connectivity index (χ4v) is 2.12. The summed E-state index contributed by atoms with van der Waals surface area (Å²) in [6.07, 6.45) is -10.9. The van der Waals surface area contributed by atoms with Crippen LogP contribution in [0, 0.1) is 0 Å². The van der Waals surface area contributed by atoms with Crippen molar-refractivity contribution in [1.29, 1.82) is 0 Å². The van der Waals surface area contributed by atoms with Crippen molar-refractivity contribution in [2.24, 2.45) is 0 Å². The van der Waals surface area contributed by atoms with Crippen LogP contribution >= 0.6 is 27.5 Å². The molecular formula is C10H4BrClF6O2. The molecule has 0 saturated carbocycles. The van der Waals surface area contributed by atoms with Crippen molar-refractivity contribution >= 4 is 27.5 Å². The van der Waals surface area contributed by atoms with E-state index in [-0.39, 0.29) is 0 Å². The quantitative estimate of drug-likeness (QED) is 0.518. The molecule has 1 aliphatic heterocycles. The van der Waals surface area contributed by atoms with E-state index >= 15 is 0 Å². The average molecular weight is 385 g/mol. The number of rotatable bonds is 1. The normalized spacial score (nSPS) is 23.8. The minimum Gasteiger partial charge on any atom is -0.439 e. The maximum Gasteiger partial charge on any atom is 0.470 e. The third-order valence-electron chi connectivity index (χ3n) is 2.45. The minimum absolute atomic E-state index is 0.316. The van der Waals surface area contributed by atoms with Crippen LogP contribution in [0.2, 0.25) is 0 Å². The first kappa shape index (κ1) is 15.6. The second-order valence-corrected chi connectivity index (χ2v) is 5.22. The van der Waals surface area contributed by atoms with Gasteiger partial charge < -0.3 is 9.47 Å². The Morgan fingerprint density at radius 3 is 2.10 bits per heavy atom. The SMILES string of the molecule is FC(F)(F)C(Cl)C1(C(F)(F)F)Oc2ccc(Br)cc2O1. The molecular weight excluding hydrogens is 381 g/mol. The largest absolute Gasteiger partial charge is 0.470 e. The summed E-state index contributed by atoms with van der Waals surface area (Å²) in [6, 6.07) is 3.40. The summed E-state index contributed by atoms with van der Waals surface area (Å²) in [4.78, 5) is 0. The second kappa shape index (κ2) is 4.59. The van der Waals surface area contributed by atoms with Crippen LogP contribution in [0.3, 0.4) is 0 Å². The third kappa shape index (κ3) is 2.41. The number of fused-ring (bicyclic) bond motifs is 1. The van der Waals surface area contributed by atoms with E-state index in [2.05, 4.69) is 25.4 Å². The zero-order chi connectivity index (χ0) is 15.3. The molecule has 2 unspecified atom stereocenters. The fourth-order valence-electron chi connectivity index (χ4n) is 1.57. The molecule has 2 rings (SSSR count). The molecule has 0 spiro atoms. The Morgan fingerprint density at radius 1 is 1.05 bits per heavy atom.